The first-order chi connectivity index (χ1) is 20.9. The molecule has 0 rings (SSSR count). The van der Waals surface area contributed by atoms with E-state index >= 15 is 0 Å². The molecule has 0 aliphatic rings. The molecule has 0 aliphatic heterocycles. The molecule has 0 aromatic carbocycles. The lowest BCUT2D eigenvalue weighted by molar-refractivity contribution is -0.0668. The predicted octanol–water partition coefficient (Wildman–Crippen LogP) is 4.54. The van der Waals surface area contributed by atoms with Gasteiger partial charge in [0.1, 0.15) is 63.6 Å². The van der Waals surface area contributed by atoms with Crippen molar-refractivity contribution >= 4 is 30.8 Å². The fourth-order valence-electron chi connectivity index (χ4n) is 2.52. The maximum Gasteiger partial charge on any atom is 0.508 e. The summed E-state index contributed by atoms with van der Waals surface area (Å²) in [6.07, 6.45) is -9.57. The molecule has 0 bridgehead atoms. The van der Waals surface area contributed by atoms with Crippen LogP contribution in [0.25, 0.3) is 0 Å². The highest BCUT2D eigenvalue weighted by atomic mass is 16.8. The molecule has 6 unspecified atom stereocenters. The Hall–Kier alpha value is -3.73. The van der Waals surface area contributed by atoms with Gasteiger partial charge in [-0.05, 0) is 62.3 Å². The van der Waals surface area contributed by atoms with E-state index < -0.39 is 61.3 Å². The zero-order chi connectivity index (χ0) is 34.6. The molecule has 0 heterocycles. The van der Waals surface area contributed by atoms with E-state index in [0.29, 0.717) is 0 Å². The third-order valence-electron chi connectivity index (χ3n) is 4.82. The quantitative estimate of drug-likeness (QED) is 0.147. The molecule has 0 saturated carbocycles. The van der Waals surface area contributed by atoms with Crippen molar-refractivity contribution < 1.29 is 80.8 Å². The molecule has 0 amide bonds. The number of hydrogen-bond acceptors (Lipinski definition) is 17. The molecule has 0 aromatic heterocycles. The average molecular weight is 657 g/mol. The topological polar surface area (TPSA) is 196 Å². The van der Waals surface area contributed by atoms with Crippen LogP contribution >= 0.6 is 0 Å². The molecule has 0 aliphatic carbocycles. The lowest BCUT2D eigenvalue weighted by Gasteiger charge is -2.22. The van der Waals surface area contributed by atoms with Crippen LogP contribution in [0.3, 0.4) is 0 Å². The highest BCUT2D eigenvalue weighted by molar-refractivity contribution is 5.62. The molecular weight excluding hydrogens is 608 g/mol. The van der Waals surface area contributed by atoms with Gasteiger partial charge in [0.15, 0.2) is 0 Å². The number of carbonyl (C=O) groups excluding carboxylic acids is 5. The van der Waals surface area contributed by atoms with E-state index in [9.17, 15) is 24.0 Å². The van der Waals surface area contributed by atoms with Crippen LogP contribution in [0, 0.1) is 0 Å². The number of carbonyl (C=O) groups is 5. The maximum absolute atomic E-state index is 11.9. The second kappa shape index (κ2) is 21.9. The first kappa shape index (κ1) is 41.3. The Labute approximate surface area is 263 Å². The number of rotatable bonds is 18. The molecule has 6 atom stereocenters. The van der Waals surface area contributed by atoms with Crippen molar-refractivity contribution in [1.29, 1.82) is 0 Å². The highest BCUT2D eigenvalue weighted by Crippen LogP contribution is 2.09. The van der Waals surface area contributed by atoms with E-state index in [-0.39, 0.29) is 51.3 Å². The van der Waals surface area contributed by atoms with Gasteiger partial charge in [0.25, 0.3) is 0 Å². The van der Waals surface area contributed by atoms with Gasteiger partial charge in [-0.15, -0.1) is 0 Å². The predicted molar refractivity (Wildman–Crippen MR) is 152 cm³/mol. The second-order valence-electron chi connectivity index (χ2n) is 10.9. The van der Waals surface area contributed by atoms with Gasteiger partial charge in [-0.3, -0.25) is 0 Å². The maximum atomic E-state index is 11.9. The van der Waals surface area contributed by atoms with Gasteiger partial charge in [0, 0.05) is 7.11 Å². The monoisotopic (exact) mass is 656 g/mol. The molecular formula is C28H48O17. The number of ether oxygens (including phenoxy) is 12. The summed E-state index contributed by atoms with van der Waals surface area (Å²) in [4.78, 5) is 58.9. The Morgan fingerprint density at radius 3 is 0.867 bits per heavy atom. The minimum atomic E-state index is -1.12. The van der Waals surface area contributed by atoms with Crippen molar-refractivity contribution in [2.75, 3.05) is 46.8 Å². The van der Waals surface area contributed by atoms with E-state index in [4.69, 9.17) is 56.8 Å². The Morgan fingerprint density at radius 1 is 0.422 bits per heavy atom. The van der Waals surface area contributed by atoms with Crippen LogP contribution in [0.4, 0.5) is 24.0 Å². The first-order valence-electron chi connectivity index (χ1n) is 14.2. The summed E-state index contributed by atoms with van der Waals surface area (Å²) < 4.78 is 59.6. The van der Waals surface area contributed by atoms with Crippen LogP contribution in [0.2, 0.25) is 0 Å². The van der Waals surface area contributed by atoms with Gasteiger partial charge in [0.2, 0.25) is 0 Å². The van der Waals surface area contributed by atoms with Gasteiger partial charge < -0.3 is 56.8 Å². The molecule has 0 radical (unpaired) electrons. The van der Waals surface area contributed by atoms with Crippen molar-refractivity contribution in [3.8, 4) is 0 Å². The molecule has 17 nitrogen and oxygen atoms in total. The molecule has 17 heteroatoms. The third-order valence-corrected chi connectivity index (χ3v) is 4.82. The van der Waals surface area contributed by atoms with E-state index in [1.807, 2.05) is 20.8 Å². The van der Waals surface area contributed by atoms with Crippen LogP contribution in [-0.4, -0.2) is 120 Å². The van der Waals surface area contributed by atoms with Gasteiger partial charge in [-0.25, -0.2) is 24.0 Å². The van der Waals surface area contributed by atoms with Crippen LogP contribution in [0.15, 0.2) is 0 Å². The molecule has 0 fully saturated rings. The second-order valence-corrected chi connectivity index (χ2v) is 10.9. The largest absolute Gasteiger partial charge is 0.508 e. The smallest absolute Gasteiger partial charge is 0.432 e. The lowest BCUT2D eigenvalue weighted by Crippen LogP contribution is -2.30. The Morgan fingerprint density at radius 2 is 0.644 bits per heavy atom. The minimum Gasteiger partial charge on any atom is -0.432 e. The van der Waals surface area contributed by atoms with Crippen molar-refractivity contribution in [3.63, 3.8) is 0 Å². The van der Waals surface area contributed by atoms with Gasteiger partial charge in [-0.2, -0.15) is 0 Å². The zero-order valence-electron chi connectivity index (χ0n) is 27.6. The van der Waals surface area contributed by atoms with Crippen molar-refractivity contribution in [2.24, 2.45) is 0 Å². The normalized spacial score (nSPS) is 15.1. The summed E-state index contributed by atoms with van der Waals surface area (Å²) in [6, 6.07) is 0. The van der Waals surface area contributed by atoms with Crippen LogP contribution in [-0.2, 0) is 56.8 Å². The molecule has 0 aromatic rings. The van der Waals surface area contributed by atoms with Crippen LogP contribution < -0.4 is 0 Å². The van der Waals surface area contributed by atoms with Gasteiger partial charge >= 0.3 is 30.8 Å². The summed E-state index contributed by atoms with van der Waals surface area (Å²) in [7, 11) is 1.46. The lowest BCUT2D eigenvalue weighted by atomic mass is 10.2. The minimum absolute atomic E-state index is 0.00576. The van der Waals surface area contributed by atoms with E-state index in [1.54, 1.807) is 13.8 Å². The number of hydrogen-bond donors (Lipinski definition) is 0. The summed E-state index contributed by atoms with van der Waals surface area (Å²) in [6.45, 7) is 13.6. The molecule has 262 valence electrons. The summed E-state index contributed by atoms with van der Waals surface area (Å²) >= 11 is 0. The van der Waals surface area contributed by atoms with Crippen molar-refractivity contribution in [3.05, 3.63) is 0 Å². The fraction of sp³-hybridized carbons (Fsp3) is 0.821. The van der Waals surface area contributed by atoms with Crippen LogP contribution in [0.5, 0.6) is 0 Å². The van der Waals surface area contributed by atoms with Crippen molar-refractivity contribution in [2.45, 2.75) is 105 Å². The molecule has 0 saturated heterocycles. The average Bonchev–Trinajstić information content (AvgIpc) is 2.94. The first-order valence-corrected chi connectivity index (χ1v) is 14.2. The van der Waals surface area contributed by atoms with Gasteiger partial charge in [0.05, 0.1) is 18.3 Å². The fourth-order valence-corrected chi connectivity index (χ4v) is 2.52. The van der Waals surface area contributed by atoms with E-state index in [0.717, 1.165) is 0 Å². The van der Waals surface area contributed by atoms with E-state index in [2.05, 4.69) is 0 Å². The van der Waals surface area contributed by atoms with Crippen LogP contribution in [0.1, 0.15) is 62.3 Å². The van der Waals surface area contributed by atoms with E-state index in [1.165, 1.54) is 34.8 Å². The standard InChI is InChI=1S/C28H48O17/c1-17(34-10)11-35-23(29)41-18(2)12-36-24(30)42-19(3)13-37-25(31)43-20(4)14-38-26(32)44-21(5)15-39-27(33)45-22(6)16-40-28(7,8)9/h17-22H,11-16H2,1-10H3. The zero-order valence-corrected chi connectivity index (χ0v) is 27.6. The summed E-state index contributed by atoms with van der Waals surface area (Å²) in [5, 5.41) is 0. The molecule has 45 heavy (non-hydrogen) atoms. The SMILES string of the molecule is COC(C)COC(=O)OC(C)COC(=O)OC(C)COC(=O)OC(C)COC(=O)OC(C)COC(=O)OC(C)COC(C)(C)C. The Kier molecular flexibility index (Phi) is 20.1. The summed E-state index contributed by atoms with van der Waals surface area (Å²) in [5.41, 5.74) is -0.389. The summed E-state index contributed by atoms with van der Waals surface area (Å²) in [5.74, 6) is 0. The van der Waals surface area contributed by atoms with Crippen molar-refractivity contribution in [1.82, 2.24) is 0 Å². The Bertz CT molecular complexity index is 902. The van der Waals surface area contributed by atoms with Gasteiger partial charge in [-0.1, -0.05) is 0 Å². The number of methoxy groups -OCH3 is 1. The molecule has 0 spiro atoms. The molecule has 0 N–H and O–H groups in total. The highest BCUT2D eigenvalue weighted by Gasteiger charge is 2.21. The Balaban J connectivity index is 4.12. The third kappa shape index (κ3) is 24.3.